The van der Waals surface area contributed by atoms with Gasteiger partial charge in [0.1, 0.15) is 0 Å². The molecule has 0 saturated heterocycles. The van der Waals surface area contributed by atoms with Crippen LogP contribution in [0.2, 0.25) is 0 Å². The van der Waals surface area contributed by atoms with E-state index >= 15 is 0 Å². The molecule has 0 atom stereocenters. The Labute approximate surface area is 597 Å². The second-order valence-electron chi connectivity index (χ2n) is 30.8. The lowest BCUT2D eigenvalue weighted by Crippen LogP contribution is -2.15. The van der Waals surface area contributed by atoms with Gasteiger partial charge in [-0.05, 0) is 228 Å². The molecule has 0 N–H and O–H groups in total. The van der Waals surface area contributed by atoms with Gasteiger partial charge in [-0.2, -0.15) is 0 Å². The fourth-order valence-corrected chi connectivity index (χ4v) is 19.3. The van der Waals surface area contributed by atoms with Crippen molar-refractivity contribution in [3.63, 3.8) is 0 Å². The summed E-state index contributed by atoms with van der Waals surface area (Å²) in [6, 6.07) is 119. The van der Waals surface area contributed by atoms with Crippen LogP contribution in [0.15, 0.2) is 315 Å². The third kappa shape index (κ3) is 8.01. The van der Waals surface area contributed by atoms with Gasteiger partial charge in [-0.25, -0.2) is 0 Å². The third-order valence-corrected chi connectivity index (χ3v) is 24.3. The quantitative estimate of drug-likeness (QED) is 0.152. The molecule has 4 nitrogen and oxygen atoms in total. The van der Waals surface area contributed by atoms with Crippen LogP contribution in [0.5, 0.6) is 0 Å². The van der Waals surface area contributed by atoms with E-state index in [-0.39, 0.29) is 16.2 Å². The van der Waals surface area contributed by atoms with Crippen molar-refractivity contribution in [2.24, 2.45) is 0 Å². The molecule has 103 heavy (non-hydrogen) atoms. The lowest BCUT2D eigenvalue weighted by atomic mass is 9.80. The number of nitrogens with zero attached hydrogens (tertiary/aromatic N) is 4. The van der Waals surface area contributed by atoms with Crippen LogP contribution in [0.4, 0.5) is 0 Å². The molecule has 0 aliphatic heterocycles. The van der Waals surface area contributed by atoms with Crippen molar-refractivity contribution in [3.8, 4) is 89.5 Å². The van der Waals surface area contributed by atoms with E-state index in [2.05, 4.69) is 375 Å². The van der Waals surface area contributed by atoms with Crippen molar-refractivity contribution in [3.05, 3.63) is 349 Å². The van der Waals surface area contributed by atoms with Crippen molar-refractivity contribution in [1.29, 1.82) is 0 Å². The summed E-state index contributed by atoms with van der Waals surface area (Å²) < 4.78 is 9.91. The van der Waals surface area contributed by atoms with Crippen LogP contribution in [0.25, 0.3) is 177 Å². The Morgan fingerprint density at radius 1 is 0.175 bits per heavy atom. The van der Waals surface area contributed by atoms with Gasteiger partial charge >= 0.3 is 0 Å². The molecule has 0 saturated carbocycles. The zero-order valence-corrected chi connectivity index (χ0v) is 58.3. The van der Waals surface area contributed by atoms with Crippen LogP contribution >= 0.6 is 0 Å². The molecule has 4 aromatic heterocycles. The maximum absolute atomic E-state index is 2.53. The highest BCUT2D eigenvalue weighted by molar-refractivity contribution is 6.16. The van der Waals surface area contributed by atoms with E-state index in [0.29, 0.717) is 0 Å². The van der Waals surface area contributed by atoms with Crippen LogP contribution in [0, 0.1) is 0 Å². The van der Waals surface area contributed by atoms with Crippen LogP contribution in [0.3, 0.4) is 0 Å². The summed E-state index contributed by atoms with van der Waals surface area (Å²) >= 11 is 0. The van der Waals surface area contributed by atoms with Crippen molar-refractivity contribution >= 4 is 87.2 Å². The molecule has 0 fully saturated rings. The van der Waals surface area contributed by atoms with Crippen LogP contribution in [0.1, 0.15) is 74.9 Å². The number of rotatable bonds is 7. The number of hydrogen-bond donors (Lipinski definition) is 0. The number of hydrogen-bond acceptors (Lipinski definition) is 0. The smallest absolute Gasteiger partial charge is 0.0544 e. The average Bonchev–Trinajstić information content (AvgIpc) is 1.56. The monoisotopic (exact) mass is 1310 g/mol. The molecule has 3 aliphatic rings. The first-order valence-electron chi connectivity index (χ1n) is 36.4. The average molecular weight is 1320 g/mol. The number of benzene rings is 15. The minimum Gasteiger partial charge on any atom is -0.309 e. The standard InChI is InChI=1S/C99H70N4/c1-97(2)82-38-15-10-32-69(82)75-53-78-72-34-12-17-41-89(72)101(93(78)56-85(75)97)65-29-20-24-59(48-65)60-25-21-30-66(49-60)102-90-42-18-13-35-73(90)79-54-76-70-46-44-63(52-84(70)99(5,6)86(76)57-94(79)102)68-37-23-39-83-96(68)81-55-80-74-36-14-19-43-91(74)103(95(80)58-87(81)98(83,3)4)67-31-22-26-61(50-67)62-45-47-92-77(51-62)71-33-11-16-40-88(71)100(92)64-27-8-7-9-28-64/h7-58H,1-6H3. The largest absolute Gasteiger partial charge is 0.309 e. The van der Waals surface area contributed by atoms with Crippen LogP contribution in [-0.2, 0) is 16.2 Å². The number of fused-ring (bicyclic) bond motifs is 21. The highest BCUT2D eigenvalue weighted by Crippen LogP contribution is 2.58. The first-order valence-corrected chi connectivity index (χ1v) is 36.4. The van der Waals surface area contributed by atoms with E-state index in [0.717, 1.165) is 17.1 Å². The Hall–Kier alpha value is -12.5. The van der Waals surface area contributed by atoms with E-state index in [1.807, 2.05) is 0 Å². The molecule has 19 aromatic rings. The third-order valence-electron chi connectivity index (χ3n) is 24.3. The van der Waals surface area contributed by atoms with Gasteiger partial charge in [0.05, 0.1) is 44.1 Å². The minimum atomic E-state index is -0.291. The molecule has 3 aliphatic carbocycles. The predicted molar refractivity (Wildman–Crippen MR) is 433 cm³/mol. The molecule has 0 unspecified atom stereocenters. The normalized spacial score (nSPS) is 14.3. The van der Waals surface area contributed by atoms with E-state index in [1.165, 1.54) is 193 Å². The Morgan fingerprint density at radius 3 is 1.04 bits per heavy atom. The minimum absolute atomic E-state index is 0.110. The zero-order chi connectivity index (χ0) is 68.5. The van der Waals surface area contributed by atoms with Crippen LogP contribution < -0.4 is 0 Å². The topological polar surface area (TPSA) is 19.7 Å². The van der Waals surface area contributed by atoms with Gasteiger partial charge in [0.2, 0.25) is 0 Å². The summed E-state index contributed by atoms with van der Waals surface area (Å²) in [5, 5.41) is 10.1. The molecular weight excluding hydrogens is 1250 g/mol. The first kappa shape index (κ1) is 58.3. The Kier molecular flexibility index (Phi) is 11.8. The molecule has 0 bridgehead atoms. The lowest BCUT2D eigenvalue weighted by molar-refractivity contribution is 0.660. The Balaban J connectivity index is 0.625. The summed E-state index contributed by atoms with van der Waals surface area (Å²) in [6.45, 7) is 14.5. The first-order chi connectivity index (χ1) is 50.3. The summed E-state index contributed by atoms with van der Waals surface area (Å²) in [6.07, 6.45) is 0. The Morgan fingerprint density at radius 2 is 0.515 bits per heavy atom. The summed E-state index contributed by atoms with van der Waals surface area (Å²) in [7, 11) is 0. The van der Waals surface area contributed by atoms with E-state index in [4.69, 9.17) is 0 Å². The highest BCUT2D eigenvalue weighted by Gasteiger charge is 2.41. The fraction of sp³-hybridized carbons (Fsp3) is 0.0909. The van der Waals surface area contributed by atoms with Crippen LogP contribution in [-0.4, -0.2) is 18.3 Å². The van der Waals surface area contributed by atoms with Crippen molar-refractivity contribution in [2.45, 2.75) is 57.8 Å². The molecule has 0 amide bonds. The van der Waals surface area contributed by atoms with Crippen molar-refractivity contribution in [1.82, 2.24) is 18.3 Å². The number of aromatic nitrogens is 4. The molecule has 15 aromatic carbocycles. The lowest BCUT2D eigenvalue weighted by Gasteiger charge is -2.23. The molecule has 0 radical (unpaired) electrons. The van der Waals surface area contributed by atoms with E-state index in [9.17, 15) is 0 Å². The van der Waals surface area contributed by atoms with Crippen molar-refractivity contribution < 1.29 is 0 Å². The molecular formula is C99H70N4. The molecule has 4 heterocycles. The maximum Gasteiger partial charge on any atom is 0.0544 e. The summed E-state index contributed by atoms with van der Waals surface area (Å²) in [5.74, 6) is 0. The van der Waals surface area contributed by atoms with Gasteiger partial charge in [-0.15, -0.1) is 0 Å². The SMILES string of the molecule is CC1(C)c2ccccc2-c2cc3c4ccccc4n(-c4cccc(-c5cccc(-n6c7ccccc7c7cc8c(cc76)C(C)(C)c6cc(-c7cccc9c7-c7cc%10c%11ccccc%11n(-c%11cccc(-c%12ccc%13c(c%12)c%12ccccc%12n%13-c%12ccccc%12)c%11)c%10cc7C9(C)C)ccc6-8)c5)c4)c3cc21. The maximum atomic E-state index is 2.53. The van der Waals surface area contributed by atoms with Crippen molar-refractivity contribution in [2.75, 3.05) is 0 Å². The van der Waals surface area contributed by atoms with Gasteiger partial charge < -0.3 is 18.3 Å². The molecule has 4 heteroatoms. The van der Waals surface area contributed by atoms with Gasteiger partial charge in [-0.1, -0.05) is 230 Å². The summed E-state index contributed by atoms with van der Waals surface area (Å²) in [4.78, 5) is 0. The fourth-order valence-electron chi connectivity index (χ4n) is 19.3. The number of para-hydroxylation sites is 5. The van der Waals surface area contributed by atoms with E-state index < -0.39 is 0 Å². The van der Waals surface area contributed by atoms with E-state index in [1.54, 1.807) is 0 Å². The Bertz CT molecular complexity index is 6950. The predicted octanol–water partition coefficient (Wildman–Crippen LogP) is 26.0. The van der Waals surface area contributed by atoms with Gasteiger partial charge in [0.25, 0.3) is 0 Å². The molecule has 486 valence electrons. The highest BCUT2D eigenvalue weighted by atomic mass is 15.0. The molecule has 0 spiro atoms. The second-order valence-corrected chi connectivity index (χ2v) is 30.8. The van der Waals surface area contributed by atoms with Gasteiger partial charge in [0.15, 0.2) is 0 Å². The zero-order valence-electron chi connectivity index (χ0n) is 58.3. The second kappa shape index (κ2) is 20.8. The van der Waals surface area contributed by atoms with Gasteiger partial charge in [0, 0.05) is 82.1 Å². The van der Waals surface area contributed by atoms with Gasteiger partial charge in [-0.3, -0.25) is 0 Å². The molecule has 22 rings (SSSR count). The summed E-state index contributed by atoms with van der Waals surface area (Å²) in [5.41, 5.74) is 37.1.